The number of nitrogens with two attached hydrogens (primary N) is 1. The predicted octanol–water partition coefficient (Wildman–Crippen LogP) is 3.18. The fraction of sp³-hybridized carbons (Fsp3) is 0.412. The van der Waals surface area contributed by atoms with Crippen LogP contribution >= 0.6 is 0 Å². The third-order valence-electron chi connectivity index (χ3n) is 3.50. The van der Waals surface area contributed by atoms with E-state index in [4.69, 9.17) is 5.73 Å². The Balaban J connectivity index is 2.00. The average Bonchev–Trinajstić information content (AvgIpc) is 2.45. The summed E-state index contributed by atoms with van der Waals surface area (Å²) >= 11 is 0. The fourth-order valence-corrected chi connectivity index (χ4v) is 2.56. The summed E-state index contributed by atoms with van der Waals surface area (Å²) in [5, 5.41) is 3.97. The summed E-state index contributed by atoms with van der Waals surface area (Å²) in [5.41, 5.74) is 7.48. The van der Waals surface area contributed by atoms with E-state index in [1.807, 2.05) is 30.3 Å². The zero-order valence-electron chi connectivity index (χ0n) is 12.7. The maximum absolute atomic E-state index is 12.1. The maximum Gasteiger partial charge on any atom is 0.224 e. The molecule has 0 aliphatic heterocycles. The summed E-state index contributed by atoms with van der Waals surface area (Å²) in [5.74, 6) is 0.819. The van der Waals surface area contributed by atoms with Crippen molar-refractivity contribution >= 4 is 22.5 Å². The molecule has 0 bridgehead atoms. The lowest BCUT2D eigenvalue weighted by Crippen LogP contribution is -2.23. The van der Waals surface area contributed by atoms with Crippen LogP contribution in [0.3, 0.4) is 0 Å². The third kappa shape index (κ3) is 4.53. The van der Waals surface area contributed by atoms with Crippen LogP contribution in [0, 0.1) is 11.8 Å². The number of carbonyl (C=O) groups excluding carboxylic acids is 1. The largest absolute Gasteiger partial charge is 0.330 e. The minimum atomic E-state index is 0.0225. The molecule has 0 radical (unpaired) electrons. The van der Waals surface area contributed by atoms with Crippen LogP contribution in [0.1, 0.15) is 26.7 Å². The lowest BCUT2D eigenvalue weighted by atomic mass is 9.94. The average molecular weight is 285 g/mol. The summed E-state index contributed by atoms with van der Waals surface area (Å²) < 4.78 is 0. The summed E-state index contributed by atoms with van der Waals surface area (Å²) in [6.07, 6.45) is 3.21. The minimum absolute atomic E-state index is 0.0225. The topological polar surface area (TPSA) is 68.0 Å². The molecule has 0 saturated carbocycles. The van der Waals surface area contributed by atoms with Crippen molar-refractivity contribution in [3.8, 4) is 0 Å². The number of anilines is 1. The van der Waals surface area contributed by atoms with Crippen LogP contribution in [0.25, 0.3) is 10.9 Å². The van der Waals surface area contributed by atoms with Gasteiger partial charge in [0.2, 0.25) is 5.91 Å². The van der Waals surface area contributed by atoms with Gasteiger partial charge < -0.3 is 11.1 Å². The van der Waals surface area contributed by atoms with Crippen molar-refractivity contribution in [3.63, 3.8) is 0 Å². The zero-order valence-corrected chi connectivity index (χ0v) is 12.7. The van der Waals surface area contributed by atoms with E-state index in [9.17, 15) is 4.79 Å². The van der Waals surface area contributed by atoms with E-state index in [0.717, 1.165) is 23.0 Å². The van der Waals surface area contributed by atoms with Crippen LogP contribution in [0.5, 0.6) is 0 Å². The van der Waals surface area contributed by atoms with Crippen LogP contribution in [-0.4, -0.2) is 17.4 Å². The normalized spacial score (nSPS) is 12.6. The van der Waals surface area contributed by atoms with Gasteiger partial charge in [0.05, 0.1) is 5.52 Å². The molecule has 0 saturated heterocycles. The molecule has 0 fully saturated rings. The molecule has 1 amide bonds. The predicted molar refractivity (Wildman–Crippen MR) is 87.0 cm³/mol. The monoisotopic (exact) mass is 285 g/mol. The number of aromatic nitrogens is 1. The molecule has 21 heavy (non-hydrogen) atoms. The number of nitrogens with zero attached hydrogens (tertiary/aromatic N) is 1. The van der Waals surface area contributed by atoms with Gasteiger partial charge in [0.1, 0.15) is 0 Å². The Kier molecular flexibility index (Phi) is 5.28. The lowest BCUT2D eigenvalue weighted by molar-refractivity contribution is -0.117. The molecule has 1 heterocycles. The first kappa shape index (κ1) is 15.4. The van der Waals surface area contributed by atoms with Gasteiger partial charge in [-0.25, -0.2) is 0 Å². The Bertz CT molecular complexity index is 610. The molecule has 4 nitrogen and oxygen atoms in total. The van der Waals surface area contributed by atoms with Crippen LogP contribution in [0.15, 0.2) is 36.5 Å². The molecule has 4 heteroatoms. The van der Waals surface area contributed by atoms with E-state index in [0.29, 0.717) is 18.9 Å². The highest BCUT2D eigenvalue weighted by atomic mass is 16.1. The number of carbonyl (C=O) groups is 1. The second-order valence-electron chi connectivity index (χ2n) is 5.89. The highest BCUT2D eigenvalue weighted by Gasteiger charge is 2.14. The van der Waals surface area contributed by atoms with Gasteiger partial charge in [-0.1, -0.05) is 19.9 Å². The standard InChI is InChI=1S/C17H23N3O/c1-12(2)8-13(11-18)9-17(21)20-15-5-6-16-14(10-15)4-3-7-19-16/h3-7,10,12-13H,8-9,11,18H2,1-2H3,(H,20,21). The molecule has 1 aromatic heterocycles. The molecule has 0 spiro atoms. The van der Waals surface area contributed by atoms with Crippen LogP contribution in [0.2, 0.25) is 0 Å². The van der Waals surface area contributed by atoms with Gasteiger partial charge in [-0.3, -0.25) is 9.78 Å². The van der Waals surface area contributed by atoms with Crippen molar-refractivity contribution in [3.05, 3.63) is 36.5 Å². The second kappa shape index (κ2) is 7.18. The minimum Gasteiger partial charge on any atom is -0.330 e. The van der Waals surface area contributed by atoms with Crippen LogP contribution < -0.4 is 11.1 Å². The first-order valence-electron chi connectivity index (χ1n) is 7.43. The molecule has 1 aromatic carbocycles. The van der Waals surface area contributed by atoms with Crippen molar-refractivity contribution in [1.29, 1.82) is 0 Å². The highest BCUT2D eigenvalue weighted by molar-refractivity contribution is 5.93. The molecule has 1 unspecified atom stereocenters. The van der Waals surface area contributed by atoms with Crippen LogP contribution in [-0.2, 0) is 4.79 Å². The van der Waals surface area contributed by atoms with Crippen molar-refractivity contribution < 1.29 is 4.79 Å². The number of amides is 1. The van der Waals surface area contributed by atoms with Gasteiger partial charge >= 0.3 is 0 Å². The third-order valence-corrected chi connectivity index (χ3v) is 3.50. The summed E-state index contributed by atoms with van der Waals surface area (Å²) in [6.45, 7) is 4.85. The van der Waals surface area contributed by atoms with Gasteiger partial charge in [0, 0.05) is 23.7 Å². The van der Waals surface area contributed by atoms with Gasteiger partial charge in [-0.15, -0.1) is 0 Å². The molecule has 1 atom stereocenters. The molecule has 112 valence electrons. The Labute approximate surface area is 125 Å². The zero-order chi connectivity index (χ0) is 15.2. The Morgan fingerprint density at radius 3 is 2.86 bits per heavy atom. The van der Waals surface area contributed by atoms with E-state index in [-0.39, 0.29) is 11.8 Å². The molecule has 0 aliphatic rings. The second-order valence-corrected chi connectivity index (χ2v) is 5.89. The SMILES string of the molecule is CC(C)CC(CN)CC(=O)Nc1ccc2ncccc2c1. The first-order chi connectivity index (χ1) is 10.1. The number of pyridine rings is 1. The number of rotatable bonds is 6. The Morgan fingerprint density at radius 1 is 1.33 bits per heavy atom. The molecular weight excluding hydrogens is 262 g/mol. The Hall–Kier alpha value is -1.94. The van der Waals surface area contributed by atoms with E-state index < -0.39 is 0 Å². The van der Waals surface area contributed by atoms with Gasteiger partial charge in [-0.2, -0.15) is 0 Å². The Morgan fingerprint density at radius 2 is 2.14 bits per heavy atom. The molecule has 2 rings (SSSR count). The molecular formula is C17H23N3O. The summed E-state index contributed by atoms with van der Waals surface area (Å²) in [4.78, 5) is 16.4. The van der Waals surface area contributed by atoms with Crippen molar-refractivity contribution in [2.45, 2.75) is 26.7 Å². The van der Waals surface area contributed by atoms with Crippen LogP contribution in [0.4, 0.5) is 5.69 Å². The summed E-state index contributed by atoms with van der Waals surface area (Å²) in [7, 11) is 0. The first-order valence-corrected chi connectivity index (χ1v) is 7.43. The number of hydrogen-bond donors (Lipinski definition) is 2. The van der Waals surface area contributed by atoms with E-state index >= 15 is 0 Å². The van der Waals surface area contributed by atoms with Gasteiger partial charge in [-0.05, 0) is 49.1 Å². The van der Waals surface area contributed by atoms with Crippen molar-refractivity contribution in [2.24, 2.45) is 17.6 Å². The lowest BCUT2D eigenvalue weighted by Gasteiger charge is -2.16. The summed E-state index contributed by atoms with van der Waals surface area (Å²) in [6, 6.07) is 9.62. The van der Waals surface area contributed by atoms with E-state index in [1.165, 1.54) is 0 Å². The molecule has 0 aliphatic carbocycles. The van der Waals surface area contributed by atoms with Crippen molar-refractivity contribution in [1.82, 2.24) is 4.98 Å². The number of nitrogens with one attached hydrogen (secondary N) is 1. The van der Waals surface area contributed by atoms with E-state index in [1.54, 1.807) is 6.20 Å². The number of fused-ring (bicyclic) bond motifs is 1. The quantitative estimate of drug-likeness (QED) is 0.856. The number of benzene rings is 1. The fourth-order valence-electron chi connectivity index (χ4n) is 2.56. The van der Waals surface area contributed by atoms with E-state index in [2.05, 4.69) is 24.1 Å². The van der Waals surface area contributed by atoms with Gasteiger partial charge in [0.25, 0.3) is 0 Å². The molecule has 2 aromatic rings. The van der Waals surface area contributed by atoms with Gasteiger partial charge in [0.15, 0.2) is 0 Å². The maximum atomic E-state index is 12.1. The molecule has 3 N–H and O–H groups in total. The smallest absolute Gasteiger partial charge is 0.224 e. The highest BCUT2D eigenvalue weighted by Crippen LogP contribution is 2.19. The van der Waals surface area contributed by atoms with Crippen molar-refractivity contribution in [2.75, 3.05) is 11.9 Å². The number of hydrogen-bond acceptors (Lipinski definition) is 3.